The number of benzene rings is 4. The van der Waals surface area contributed by atoms with Gasteiger partial charge in [-0.25, -0.2) is 4.79 Å². The number of hydrogen-bond acceptors (Lipinski definition) is 7. The number of nitrogens with zero attached hydrogens (tertiary/aromatic N) is 1. The lowest BCUT2D eigenvalue weighted by Crippen LogP contribution is -2.21. The van der Waals surface area contributed by atoms with Crippen molar-refractivity contribution in [3.05, 3.63) is 142 Å². The zero-order chi connectivity index (χ0) is 28.8. The lowest BCUT2D eigenvalue weighted by Gasteiger charge is -2.27. The molecule has 1 aliphatic heterocycles. The van der Waals surface area contributed by atoms with Gasteiger partial charge >= 0.3 is 5.97 Å². The fraction of sp³-hybridized carbons (Fsp3) is 0.0909. The third-order valence-electron chi connectivity index (χ3n) is 6.37. The summed E-state index contributed by atoms with van der Waals surface area (Å²) in [5, 5.41) is 10.6. The molecule has 0 fully saturated rings. The summed E-state index contributed by atoms with van der Waals surface area (Å²) in [5.41, 5.74) is 9.27. The Kier molecular flexibility index (Phi) is 8.23. The second-order valence-corrected chi connectivity index (χ2v) is 9.56. The van der Waals surface area contributed by atoms with E-state index in [1.807, 2.05) is 48.5 Å². The van der Waals surface area contributed by atoms with Crippen LogP contribution in [0, 0.1) is 11.3 Å². The van der Waals surface area contributed by atoms with Crippen LogP contribution in [0.2, 0.25) is 5.02 Å². The molecule has 2 N–H and O–H groups in total. The number of allylic oxidation sites excluding steroid dienone is 1. The quantitative estimate of drug-likeness (QED) is 0.134. The molecule has 0 radical (unpaired) electrons. The van der Waals surface area contributed by atoms with Crippen LogP contribution in [0.25, 0.3) is 0 Å². The van der Waals surface area contributed by atoms with Crippen LogP contribution in [-0.4, -0.2) is 12.6 Å². The van der Waals surface area contributed by atoms with Gasteiger partial charge in [0.25, 0.3) is 0 Å². The Labute approximate surface area is 242 Å². The molecule has 4 aromatic carbocycles. The third kappa shape index (κ3) is 6.35. The Balaban J connectivity index is 1.36. The highest BCUT2D eigenvalue weighted by molar-refractivity contribution is 6.30. The zero-order valence-corrected chi connectivity index (χ0v) is 22.6. The number of fused-ring (bicyclic) bond motifs is 1. The van der Waals surface area contributed by atoms with Gasteiger partial charge in [0, 0.05) is 16.7 Å². The number of halogens is 1. The molecular formula is C33H25ClN2O5. The maximum absolute atomic E-state index is 12.8. The molecule has 0 spiro atoms. The Morgan fingerprint density at radius 1 is 0.976 bits per heavy atom. The second kappa shape index (κ2) is 12.3. The summed E-state index contributed by atoms with van der Waals surface area (Å²) in [5.74, 6) is 0.841. The molecule has 0 saturated heterocycles. The highest BCUT2D eigenvalue weighted by Crippen LogP contribution is 2.44. The predicted octanol–water partition coefficient (Wildman–Crippen LogP) is 6.92. The van der Waals surface area contributed by atoms with Crippen molar-refractivity contribution in [1.82, 2.24) is 0 Å². The van der Waals surface area contributed by atoms with Crippen LogP contribution in [-0.2, 0) is 6.61 Å². The molecule has 1 atom stereocenters. The van der Waals surface area contributed by atoms with Gasteiger partial charge in [-0.3, -0.25) is 0 Å². The van der Waals surface area contributed by atoms with E-state index in [2.05, 4.69) is 12.6 Å². The van der Waals surface area contributed by atoms with Crippen molar-refractivity contribution in [3.63, 3.8) is 0 Å². The number of nitrogens with two attached hydrogens (primary N) is 1. The van der Waals surface area contributed by atoms with Gasteiger partial charge in [0.05, 0.1) is 11.5 Å². The molecule has 5 rings (SSSR count). The van der Waals surface area contributed by atoms with E-state index in [9.17, 15) is 10.1 Å². The number of hydrogen-bond donors (Lipinski definition) is 1. The van der Waals surface area contributed by atoms with Crippen LogP contribution in [0.4, 0.5) is 0 Å². The molecule has 41 heavy (non-hydrogen) atoms. The monoisotopic (exact) mass is 564 g/mol. The van der Waals surface area contributed by atoms with Crippen molar-refractivity contribution in [2.75, 3.05) is 6.61 Å². The Morgan fingerprint density at radius 2 is 1.73 bits per heavy atom. The molecular weight excluding hydrogens is 540 g/mol. The summed E-state index contributed by atoms with van der Waals surface area (Å²) in [6.45, 7) is 4.33. The van der Waals surface area contributed by atoms with Gasteiger partial charge in [0.2, 0.25) is 5.88 Å². The van der Waals surface area contributed by atoms with Crippen LogP contribution in [0.3, 0.4) is 0 Å². The molecule has 8 heteroatoms. The van der Waals surface area contributed by atoms with Crippen molar-refractivity contribution in [2.24, 2.45) is 5.73 Å². The number of rotatable bonds is 9. The first kappa shape index (κ1) is 27.4. The maximum atomic E-state index is 12.8. The summed E-state index contributed by atoms with van der Waals surface area (Å²) >= 11 is 5.97. The van der Waals surface area contributed by atoms with Gasteiger partial charge in [-0.05, 0) is 65.7 Å². The average molecular weight is 565 g/mol. The summed E-state index contributed by atoms with van der Waals surface area (Å²) in [6.07, 6.45) is 1.64. The van der Waals surface area contributed by atoms with Crippen molar-refractivity contribution in [3.8, 4) is 29.1 Å². The minimum Gasteiger partial charge on any atom is -0.490 e. The normalized spacial score (nSPS) is 13.8. The van der Waals surface area contributed by atoms with E-state index >= 15 is 0 Å². The Hall–Kier alpha value is -5.19. The lowest BCUT2D eigenvalue weighted by atomic mass is 9.83. The fourth-order valence-electron chi connectivity index (χ4n) is 4.38. The molecule has 0 aromatic heterocycles. The first-order chi connectivity index (χ1) is 19.9. The summed E-state index contributed by atoms with van der Waals surface area (Å²) < 4.78 is 22.8. The van der Waals surface area contributed by atoms with Crippen molar-refractivity contribution in [1.29, 1.82) is 5.26 Å². The molecule has 1 heterocycles. The SMILES string of the molecule is C=CCOc1ccc(C(=O)Oc2ccc3c(c2)OC(N)=C(C#N)C3c2cccc(OCc3ccc(Cl)cc3)c2)cc1. The van der Waals surface area contributed by atoms with E-state index in [0.717, 1.165) is 11.1 Å². The number of esters is 1. The fourth-order valence-corrected chi connectivity index (χ4v) is 4.51. The first-order valence-corrected chi connectivity index (χ1v) is 13.1. The van der Waals surface area contributed by atoms with E-state index < -0.39 is 11.9 Å². The van der Waals surface area contributed by atoms with E-state index in [4.69, 9.17) is 36.3 Å². The average Bonchev–Trinajstić information content (AvgIpc) is 2.99. The first-order valence-electron chi connectivity index (χ1n) is 12.7. The number of carbonyl (C=O) groups is 1. The topological polar surface area (TPSA) is 104 Å². The van der Waals surface area contributed by atoms with Gasteiger partial charge in [-0.15, -0.1) is 0 Å². The van der Waals surface area contributed by atoms with Gasteiger partial charge < -0.3 is 24.7 Å². The van der Waals surface area contributed by atoms with Crippen LogP contribution in [0.5, 0.6) is 23.0 Å². The summed E-state index contributed by atoms with van der Waals surface area (Å²) in [6, 6.07) is 28.7. The van der Waals surface area contributed by atoms with Crippen LogP contribution in [0.15, 0.2) is 115 Å². The van der Waals surface area contributed by atoms with E-state index in [1.165, 1.54) is 0 Å². The van der Waals surface area contributed by atoms with E-state index in [1.54, 1.807) is 48.5 Å². The van der Waals surface area contributed by atoms with E-state index in [-0.39, 0.29) is 17.2 Å². The Bertz CT molecular complexity index is 1660. The summed E-state index contributed by atoms with van der Waals surface area (Å²) in [4.78, 5) is 12.8. The molecule has 0 saturated carbocycles. The number of ether oxygens (including phenoxy) is 4. The standard InChI is InChI=1S/C33H25ClN2O5/c1-2-16-38-25-12-8-22(9-13-25)33(37)40-27-14-15-28-30(18-27)41-32(36)29(19-35)31(28)23-4-3-5-26(17-23)39-20-21-6-10-24(34)11-7-21/h2-15,17-18,31H,1,16,20,36H2. The van der Waals surface area contributed by atoms with Crippen molar-refractivity contribution >= 4 is 17.6 Å². The van der Waals surface area contributed by atoms with Gasteiger partial charge in [-0.1, -0.05) is 54.6 Å². The highest BCUT2D eigenvalue weighted by atomic mass is 35.5. The lowest BCUT2D eigenvalue weighted by molar-refractivity contribution is 0.0734. The molecule has 204 valence electrons. The van der Waals surface area contributed by atoms with E-state index in [0.29, 0.717) is 46.6 Å². The summed E-state index contributed by atoms with van der Waals surface area (Å²) in [7, 11) is 0. The highest BCUT2D eigenvalue weighted by Gasteiger charge is 2.31. The smallest absolute Gasteiger partial charge is 0.343 e. The van der Waals surface area contributed by atoms with Crippen LogP contribution >= 0.6 is 11.6 Å². The number of nitriles is 1. The largest absolute Gasteiger partial charge is 0.490 e. The molecule has 4 aromatic rings. The number of carbonyl (C=O) groups excluding carboxylic acids is 1. The third-order valence-corrected chi connectivity index (χ3v) is 6.62. The van der Waals surface area contributed by atoms with Gasteiger partial charge in [0.15, 0.2) is 0 Å². The molecule has 0 aliphatic carbocycles. The minimum atomic E-state index is -0.542. The zero-order valence-electron chi connectivity index (χ0n) is 21.9. The Morgan fingerprint density at radius 3 is 2.46 bits per heavy atom. The van der Waals surface area contributed by atoms with Crippen LogP contribution < -0.4 is 24.7 Å². The van der Waals surface area contributed by atoms with Crippen LogP contribution in [0.1, 0.15) is 33.0 Å². The van der Waals surface area contributed by atoms with Crippen molar-refractivity contribution in [2.45, 2.75) is 12.5 Å². The molecule has 1 unspecified atom stereocenters. The van der Waals surface area contributed by atoms with Gasteiger partial charge in [0.1, 0.15) is 47.9 Å². The molecule has 0 amide bonds. The van der Waals surface area contributed by atoms with Crippen molar-refractivity contribution < 1.29 is 23.7 Å². The second-order valence-electron chi connectivity index (χ2n) is 9.13. The minimum absolute atomic E-state index is 0.0175. The molecule has 7 nitrogen and oxygen atoms in total. The molecule has 0 bridgehead atoms. The maximum Gasteiger partial charge on any atom is 0.343 e. The van der Waals surface area contributed by atoms with Gasteiger partial charge in [-0.2, -0.15) is 5.26 Å². The molecule has 1 aliphatic rings. The predicted molar refractivity (Wildman–Crippen MR) is 155 cm³/mol.